The summed E-state index contributed by atoms with van der Waals surface area (Å²) in [5.41, 5.74) is 0. The fourth-order valence-corrected chi connectivity index (χ4v) is 18.2. The quantitative estimate of drug-likeness (QED) is 0.0257. The molecule has 0 radical (unpaired) electrons. The minimum atomic E-state index is -2.24. The van der Waals surface area contributed by atoms with E-state index in [0.717, 1.165) is 220 Å². The highest BCUT2D eigenvalue weighted by Crippen LogP contribution is 2.25. The van der Waals surface area contributed by atoms with Crippen molar-refractivity contribution in [3.63, 3.8) is 0 Å². The Kier molecular flexibility index (Phi) is 90.1. The van der Waals surface area contributed by atoms with Crippen LogP contribution >= 0.6 is 0 Å². The molecule has 0 aromatic heterocycles. The lowest BCUT2D eigenvalue weighted by molar-refractivity contribution is -0.150. The molecule has 0 spiro atoms. The first kappa shape index (κ1) is 113. The average molecular weight is 1630 g/mol. The summed E-state index contributed by atoms with van der Waals surface area (Å²) in [6.45, 7) is 38.0. The standard InChI is InChI=1S/2C48H99NO6Si/c2*1-7-11-14-17-19-20-24-33-43-52-47(36-10-4)55-56(5,6)54-45-35-26-23-30-40-49(41-31-32-42-50)39-29-22-25-34-44-53-48(51)46(37-27-16-13-9-3)38-28-21-18-15-12-8-2/h2*46-47,50H,7-45H2,1-6H3. The Morgan fingerprint density at radius 1 is 0.250 bits per heavy atom. The van der Waals surface area contributed by atoms with Crippen LogP contribution in [0.3, 0.4) is 0 Å². The van der Waals surface area contributed by atoms with Crippen LogP contribution in [-0.4, -0.2) is 154 Å². The van der Waals surface area contributed by atoms with Crippen molar-refractivity contribution in [2.24, 2.45) is 11.8 Å². The summed E-state index contributed by atoms with van der Waals surface area (Å²) in [6, 6.07) is 0. The third-order valence-electron chi connectivity index (χ3n) is 22.4. The van der Waals surface area contributed by atoms with Crippen molar-refractivity contribution < 1.29 is 56.5 Å². The minimum absolute atomic E-state index is 0.0607. The Morgan fingerprint density at radius 2 is 0.464 bits per heavy atom. The molecule has 0 amide bonds. The fourth-order valence-electron chi connectivity index (χ4n) is 15.1. The van der Waals surface area contributed by atoms with E-state index < -0.39 is 17.1 Å². The Morgan fingerprint density at radius 3 is 0.723 bits per heavy atom. The van der Waals surface area contributed by atoms with Gasteiger partial charge in [0.2, 0.25) is 0 Å². The van der Waals surface area contributed by atoms with Gasteiger partial charge in [-0.15, -0.1) is 0 Å². The smallest absolute Gasteiger partial charge is 0.333 e. The number of aliphatic hydroxyl groups is 2. The maximum Gasteiger partial charge on any atom is 0.333 e. The summed E-state index contributed by atoms with van der Waals surface area (Å²) in [4.78, 5) is 31.2. The van der Waals surface area contributed by atoms with Crippen molar-refractivity contribution in [2.45, 2.75) is 505 Å². The lowest BCUT2D eigenvalue weighted by atomic mass is 9.94. The highest BCUT2D eigenvalue weighted by Gasteiger charge is 2.31. The van der Waals surface area contributed by atoms with Crippen molar-refractivity contribution in [1.29, 1.82) is 0 Å². The second-order valence-electron chi connectivity index (χ2n) is 34.6. The molecule has 16 heteroatoms. The van der Waals surface area contributed by atoms with Crippen molar-refractivity contribution in [3.05, 3.63) is 0 Å². The third kappa shape index (κ3) is 81.3. The normalized spacial score (nSPS) is 13.1. The number of carbonyl (C=O) groups is 2. The van der Waals surface area contributed by atoms with Crippen LogP contribution in [0.2, 0.25) is 26.2 Å². The summed E-state index contributed by atoms with van der Waals surface area (Å²) in [5, 5.41) is 18.7. The van der Waals surface area contributed by atoms with Gasteiger partial charge in [0.05, 0.1) is 25.0 Å². The van der Waals surface area contributed by atoms with E-state index >= 15 is 0 Å². The van der Waals surface area contributed by atoms with Gasteiger partial charge in [0, 0.05) is 39.6 Å². The van der Waals surface area contributed by atoms with Gasteiger partial charge in [-0.05, 0) is 194 Å². The molecule has 0 aromatic carbocycles. The topological polar surface area (TPSA) is 155 Å². The lowest BCUT2D eigenvalue weighted by Gasteiger charge is -2.29. The van der Waals surface area contributed by atoms with Crippen LogP contribution in [0.15, 0.2) is 0 Å². The molecule has 0 aromatic rings. The van der Waals surface area contributed by atoms with E-state index in [1.165, 1.54) is 257 Å². The van der Waals surface area contributed by atoms with E-state index in [4.69, 9.17) is 36.7 Å². The number of carbonyl (C=O) groups excluding carboxylic acids is 2. The Bertz CT molecular complexity index is 1730. The van der Waals surface area contributed by atoms with Gasteiger partial charge in [0.15, 0.2) is 0 Å². The number of ether oxygens (including phenoxy) is 4. The maximum atomic E-state index is 13.0. The predicted octanol–water partition coefficient (Wildman–Crippen LogP) is 28.2. The van der Waals surface area contributed by atoms with Gasteiger partial charge in [-0.1, -0.05) is 338 Å². The molecule has 112 heavy (non-hydrogen) atoms. The van der Waals surface area contributed by atoms with Crippen molar-refractivity contribution in [3.8, 4) is 0 Å². The average Bonchev–Trinajstić information content (AvgIpc) is 0.909. The molecular formula is C96H198N2O12Si2. The van der Waals surface area contributed by atoms with E-state index in [9.17, 15) is 19.8 Å². The van der Waals surface area contributed by atoms with Crippen LogP contribution in [0.25, 0.3) is 0 Å². The molecule has 0 bridgehead atoms. The number of hydrogen-bond donors (Lipinski definition) is 2. The molecule has 0 aliphatic rings. The summed E-state index contributed by atoms with van der Waals surface area (Å²) in [5.74, 6) is 0.313. The second kappa shape index (κ2) is 89.2. The van der Waals surface area contributed by atoms with Gasteiger partial charge >= 0.3 is 29.1 Å². The first-order valence-electron chi connectivity index (χ1n) is 49.5. The lowest BCUT2D eigenvalue weighted by Crippen LogP contribution is -2.40. The monoisotopic (exact) mass is 1630 g/mol. The van der Waals surface area contributed by atoms with Gasteiger partial charge in [-0.25, -0.2) is 0 Å². The van der Waals surface area contributed by atoms with Gasteiger partial charge < -0.3 is 56.7 Å². The first-order chi connectivity index (χ1) is 54.7. The van der Waals surface area contributed by atoms with Gasteiger partial charge in [0.1, 0.15) is 12.6 Å². The van der Waals surface area contributed by atoms with Crippen molar-refractivity contribution in [2.75, 3.05) is 92.1 Å². The highest BCUT2D eigenvalue weighted by molar-refractivity contribution is 6.64. The van der Waals surface area contributed by atoms with Gasteiger partial charge in [0.25, 0.3) is 0 Å². The Balaban J connectivity index is 0. The number of aliphatic hydroxyl groups excluding tert-OH is 2. The van der Waals surface area contributed by atoms with Crippen LogP contribution in [0.5, 0.6) is 0 Å². The molecule has 14 nitrogen and oxygen atoms in total. The SMILES string of the molecule is CCCCCCCCCCOC(CCC)O[Si](C)(C)OCCCCCCN(CCCCO)CCCCCCOC(=O)C(CCCCCC)CCCCCCCC.CCCCCCCCCCOC(CCC)O[Si](C)(C)OCCCCCCN(CCCCO)CCCCCCOC(=O)C(CCCCCC)CCCCCCCC. The molecular weight excluding hydrogens is 1430 g/mol. The minimum Gasteiger partial charge on any atom is -0.465 e. The maximum absolute atomic E-state index is 13.0. The van der Waals surface area contributed by atoms with Crippen LogP contribution in [0.4, 0.5) is 0 Å². The second-order valence-corrected chi connectivity index (χ2v) is 41.3. The zero-order chi connectivity index (χ0) is 82.4. The summed E-state index contributed by atoms with van der Waals surface area (Å²) in [6.07, 6.45) is 75.8. The van der Waals surface area contributed by atoms with Gasteiger partial charge in [-0.3, -0.25) is 9.59 Å². The molecule has 4 unspecified atom stereocenters. The largest absolute Gasteiger partial charge is 0.465 e. The molecule has 4 atom stereocenters. The number of hydrogen-bond acceptors (Lipinski definition) is 14. The van der Waals surface area contributed by atoms with Crippen LogP contribution in [-0.2, 0) is 46.2 Å². The zero-order valence-electron chi connectivity index (χ0n) is 77.3. The van der Waals surface area contributed by atoms with E-state index in [2.05, 4.69) is 91.4 Å². The van der Waals surface area contributed by atoms with Crippen LogP contribution < -0.4 is 0 Å². The molecule has 0 saturated carbocycles. The zero-order valence-corrected chi connectivity index (χ0v) is 79.3. The molecule has 0 fully saturated rings. The van der Waals surface area contributed by atoms with Crippen LogP contribution in [0.1, 0.15) is 466 Å². The Hall–Kier alpha value is -1.03. The summed E-state index contributed by atoms with van der Waals surface area (Å²) < 4.78 is 49.6. The number of unbranched alkanes of at least 4 members (excludes halogenated alkanes) is 44. The molecule has 2 N–H and O–H groups in total. The first-order valence-corrected chi connectivity index (χ1v) is 55.2. The molecule has 0 heterocycles. The van der Waals surface area contributed by atoms with Crippen molar-refractivity contribution in [1.82, 2.24) is 9.80 Å². The third-order valence-corrected chi connectivity index (χ3v) is 25.9. The van der Waals surface area contributed by atoms with Gasteiger partial charge in [-0.2, -0.15) is 0 Å². The molecule has 0 saturated heterocycles. The van der Waals surface area contributed by atoms with E-state index in [1.807, 2.05) is 0 Å². The van der Waals surface area contributed by atoms with Crippen molar-refractivity contribution >= 4 is 29.1 Å². The molecule has 0 rings (SSSR count). The number of rotatable bonds is 92. The molecule has 0 aliphatic heterocycles. The van der Waals surface area contributed by atoms with E-state index in [-0.39, 0.29) is 49.6 Å². The molecule has 0 aliphatic carbocycles. The molecule has 672 valence electrons. The highest BCUT2D eigenvalue weighted by atomic mass is 28.4. The van der Waals surface area contributed by atoms with E-state index in [0.29, 0.717) is 13.2 Å². The predicted molar refractivity (Wildman–Crippen MR) is 485 cm³/mol. The number of esters is 2. The summed E-state index contributed by atoms with van der Waals surface area (Å²) in [7, 11) is -4.47. The van der Waals surface area contributed by atoms with E-state index in [1.54, 1.807) is 0 Å². The number of nitrogens with zero attached hydrogens (tertiary/aromatic N) is 2. The van der Waals surface area contributed by atoms with Crippen LogP contribution in [0, 0.1) is 11.8 Å². The fraction of sp³-hybridized carbons (Fsp3) is 0.979. The summed E-state index contributed by atoms with van der Waals surface area (Å²) >= 11 is 0. The Labute approximate surface area is 700 Å².